The topological polar surface area (TPSA) is 90.3 Å². The zero-order valence-corrected chi connectivity index (χ0v) is 29.8. The Kier molecular flexibility index (Phi) is 10.7. The summed E-state index contributed by atoms with van der Waals surface area (Å²) in [6.45, 7) is 13.3. The summed E-state index contributed by atoms with van der Waals surface area (Å²) in [5.41, 5.74) is 2.50. The number of fused-ring (bicyclic) bond motifs is 3. The Morgan fingerprint density at radius 1 is 1.20 bits per heavy atom. The first-order valence-electron chi connectivity index (χ1n) is 15.9. The van der Waals surface area contributed by atoms with Gasteiger partial charge in [0, 0.05) is 16.3 Å². The van der Waals surface area contributed by atoms with Gasteiger partial charge >= 0.3 is 5.97 Å². The lowest BCUT2D eigenvalue weighted by atomic mass is 9.70. The molecule has 1 atom stereocenters. The molecule has 11 heteroatoms. The van der Waals surface area contributed by atoms with Gasteiger partial charge in [0.1, 0.15) is 15.6 Å². The number of ether oxygens (including phenoxy) is 1. The molecule has 1 aliphatic rings. The van der Waals surface area contributed by atoms with Crippen molar-refractivity contribution in [3.8, 4) is 0 Å². The van der Waals surface area contributed by atoms with Crippen molar-refractivity contribution in [3.05, 3.63) is 72.9 Å². The van der Waals surface area contributed by atoms with Gasteiger partial charge in [-0.15, -0.1) is 22.7 Å². The van der Waals surface area contributed by atoms with Crippen LogP contribution in [0.3, 0.4) is 0 Å². The fraction of sp³-hybridized carbons (Fsp3) is 0.486. The molecule has 0 fully saturated rings. The van der Waals surface area contributed by atoms with Gasteiger partial charge < -0.3 is 10.1 Å². The van der Waals surface area contributed by atoms with E-state index in [1.54, 1.807) is 41.0 Å². The van der Waals surface area contributed by atoms with Gasteiger partial charge in [-0.1, -0.05) is 64.9 Å². The predicted molar refractivity (Wildman–Crippen MR) is 187 cm³/mol. The molecule has 0 bridgehead atoms. The van der Waals surface area contributed by atoms with Crippen LogP contribution in [0, 0.1) is 17.2 Å². The lowest BCUT2D eigenvalue weighted by molar-refractivity contribution is -0.113. The van der Waals surface area contributed by atoms with E-state index in [-0.39, 0.29) is 41.0 Å². The van der Waals surface area contributed by atoms with Gasteiger partial charge in [-0.2, -0.15) is 0 Å². The molecule has 3 aromatic heterocycles. The molecule has 7 nitrogen and oxygen atoms in total. The Morgan fingerprint density at radius 2 is 1.93 bits per heavy atom. The van der Waals surface area contributed by atoms with Crippen LogP contribution >= 0.6 is 34.4 Å². The Labute approximate surface area is 282 Å². The molecule has 5 rings (SSSR count). The van der Waals surface area contributed by atoms with Crippen molar-refractivity contribution < 1.29 is 18.7 Å². The Balaban J connectivity index is 1.44. The number of carbonyl (C=O) groups excluding carboxylic acids is 2. The summed E-state index contributed by atoms with van der Waals surface area (Å²) < 4.78 is 20.4. The van der Waals surface area contributed by atoms with Crippen LogP contribution in [0.25, 0.3) is 10.2 Å². The number of benzene rings is 1. The quantitative estimate of drug-likeness (QED) is 0.0916. The van der Waals surface area contributed by atoms with Gasteiger partial charge in [0.2, 0.25) is 5.91 Å². The third-order valence-electron chi connectivity index (χ3n) is 9.09. The van der Waals surface area contributed by atoms with E-state index in [0.717, 1.165) is 46.5 Å². The van der Waals surface area contributed by atoms with E-state index >= 15 is 0 Å². The van der Waals surface area contributed by atoms with Crippen molar-refractivity contribution in [1.82, 2.24) is 9.55 Å². The first kappa shape index (κ1) is 34.3. The minimum atomic E-state index is -0.471. The Morgan fingerprint density at radius 3 is 2.61 bits per heavy atom. The molecule has 246 valence electrons. The molecule has 4 aromatic rings. The average molecular weight is 684 g/mol. The van der Waals surface area contributed by atoms with Crippen LogP contribution in [0.2, 0.25) is 0 Å². The van der Waals surface area contributed by atoms with Crippen molar-refractivity contribution in [2.24, 2.45) is 11.3 Å². The molecule has 3 heterocycles. The number of hydrogen-bond donors (Lipinski definition) is 1. The number of thiophene rings is 2. The highest BCUT2D eigenvalue weighted by atomic mass is 32.2. The zero-order valence-electron chi connectivity index (χ0n) is 27.3. The van der Waals surface area contributed by atoms with Crippen molar-refractivity contribution in [2.75, 3.05) is 17.7 Å². The molecule has 0 saturated heterocycles. The van der Waals surface area contributed by atoms with Crippen LogP contribution in [0.5, 0.6) is 0 Å². The number of hydrogen-bond acceptors (Lipinski definition) is 8. The third kappa shape index (κ3) is 7.42. The second-order valence-corrected chi connectivity index (χ2v) is 15.9. The number of aryl methyl sites for hydroxylation is 2. The Bertz CT molecular complexity index is 1790. The molecule has 0 radical (unpaired) electrons. The number of halogens is 1. The van der Waals surface area contributed by atoms with Gasteiger partial charge in [-0.25, -0.2) is 14.2 Å². The van der Waals surface area contributed by atoms with E-state index in [4.69, 9.17) is 9.72 Å². The van der Waals surface area contributed by atoms with Crippen molar-refractivity contribution in [3.63, 3.8) is 0 Å². The molecule has 0 unspecified atom stereocenters. The number of aromatic nitrogens is 2. The molecule has 1 amide bonds. The van der Waals surface area contributed by atoms with Crippen LogP contribution in [0.4, 0.5) is 9.39 Å². The maximum Gasteiger partial charge on any atom is 0.341 e. The number of esters is 1. The summed E-state index contributed by atoms with van der Waals surface area (Å²) in [4.78, 5) is 48.0. The molecule has 0 saturated carbocycles. The highest BCUT2D eigenvalue weighted by Crippen LogP contribution is 2.44. The SMILES string of the molecule is CCOC(=O)c1cc(C(C)C)sc1NC(=O)CSc1nc2sc3c(c2c(=O)n1CCc1ccc(F)cc1)CC[C@@H](C(C)(C)CC)C3. The van der Waals surface area contributed by atoms with E-state index in [0.29, 0.717) is 40.0 Å². The second-order valence-electron chi connectivity index (χ2n) is 12.8. The van der Waals surface area contributed by atoms with Crippen LogP contribution in [0.15, 0.2) is 40.3 Å². The van der Waals surface area contributed by atoms with Crippen LogP contribution < -0.4 is 10.9 Å². The normalized spacial score (nSPS) is 14.9. The van der Waals surface area contributed by atoms with Crippen molar-refractivity contribution >= 4 is 61.5 Å². The highest BCUT2D eigenvalue weighted by Gasteiger charge is 2.34. The minimum absolute atomic E-state index is 0.00350. The van der Waals surface area contributed by atoms with Gasteiger partial charge in [-0.05, 0) is 79.2 Å². The summed E-state index contributed by atoms with van der Waals surface area (Å²) in [5, 5.41) is 4.53. The standard InChI is InChI=1S/C35H42FN3O4S3/c1-7-35(5,6)22-11-14-24-27(17-22)46-31-29(24)32(41)39(16-15-21-9-12-23(36)13-10-21)34(38-31)44-19-28(40)37-30-25(33(42)43-8-2)18-26(45-30)20(3)4/h9-10,12-13,18,20,22H,7-8,11,14-17,19H2,1-6H3,(H,37,40)/t22-/m1/s1. The number of nitrogens with zero attached hydrogens (tertiary/aromatic N) is 2. The maximum absolute atomic E-state index is 14.2. The lowest BCUT2D eigenvalue weighted by Crippen LogP contribution is -2.29. The van der Waals surface area contributed by atoms with Crippen LogP contribution in [-0.4, -0.2) is 33.8 Å². The summed E-state index contributed by atoms with van der Waals surface area (Å²) >= 11 is 4.18. The van der Waals surface area contributed by atoms with E-state index in [1.165, 1.54) is 40.1 Å². The average Bonchev–Trinajstić information content (AvgIpc) is 3.62. The van der Waals surface area contributed by atoms with Gasteiger partial charge in [0.15, 0.2) is 5.16 Å². The summed E-state index contributed by atoms with van der Waals surface area (Å²) in [5.74, 6) is -0.348. The molecule has 0 spiro atoms. The molecule has 46 heavy (non-hydrogen) atoms. The molecular formula is C35H42FN3O4S3. The van der Waals surface area contributed by atoms with Gasteiger partial charge in [0.05, 0.1) is 23.3 Å². The monoisotopic (exact) mass is 683 g/mol. The number of amides is 1. The molecule has 1 aliphatic carbocycles. The summed E-state index contributed by atoms with van der Waals surface area (Å²) in [7, 11) is 0. The number of nitrogens with one attached hydrogen (secondary N) is 1. The highest BCUT2D eigenvalue weighted by molar-refractivity contribution is 7.99. The molecule has 0 aliphatic heterocycles. The minimum Gasteiger partial charge on any atom is -0.462 e. The van der Waals surface area contributed by atoms with E-state index in [9.17, 15) is 18.8 Å². The van der Waals surface area contributed by atoms with E-state index in [1.807, 2.05) is 13.8 Å². The summed E-state index contributed by atoms with van der Waals surface area (Å²) in [6.07, 6.45) is 4.46. The van der Waals surface area contributed by atoms with Crippen molar-refractivity contribution in [1.29, 1.82) is 0 Å². The zero-order chi connectivity index (χ0) is 33.2. The van der Waals surface area contributed by atoms with Crippen molar-refractivity contribution in [2.45, 2.75) is 91.3 Å². The molecular weight excluding hydrogens is 642 g/mol. The summed E-state index contributed by atoms with van der Waals surface area (Å²) in [6, 6.07) is 8.07. The first-order chi connectivity index (χ1) is 21.9. The second kappa shape index (κ2) is 14.4. The number of carbonyl (C=O) groups is 2. The Hall–Kier alpha value is -3.02. The first-order valence-corrected chi connectivity index (χ1v) is 18.6. The molecule has 1 N–H and O–H groups in total. The maximum atomic E-state index is 14.2. The number of anilines is 1. The lowest BCUT2D eigenvalue weighted by Gasteiger charge is -2.36. The largest absolute Gasteiger partial charge is 0.462 e. The number of thioether (sulfide) groups is 1. The molecule has 1 aromatic carbocycles. The number of rotatable bonds is 12. The van der Waals surface area contributed by atoms with Crippen LogP contribution in [0.1, 0.15) is 91.5 Å². The van der Waals surface area contributed by atoms with E-state index < -0.39 is 5.97 Å². The third-order valence-corrected chi connectivity index (χ3v) is 12.6. The fourth-order valence-corrected chi connectivity index (χ4v) is 9.07. The van der Waals surface area contributed by atoms with Gasteiger partial charge in [0.25, 0.3) is 5.56 Å². The van der Waals surface area contributed by atoms with Crippen LogP contribution in [-0.2, 0) is 35.3 Å². The predicted octanol–water partition coefficient (Wildman–Crippen LogP) is 8.47. The van der Waals surface area contributed by atoms with Gasteiger partial charge in [-0.3, -0.25) is 14.2 Å². The fourth-order valence-electron chi connectivity index (χ4n) is 5.84. The van der Waals surface area contributed by atoms with E-state index in [2.05, 4.69) is 26.1 Å². The smallest absolute Gasteiger partial charge is 0.341 e.